The van der Waals surface area contributed by atoms with Crippen molar-refractivity contribution in [3.63, 3.8) is 0 Å². The lowest BCUT2D eigenvalue weighted by molar-refractivity contribution is -0.870. The van der Waals surface area contributed by atoms with E-state index >= 15 is 0 Å². The lowest BCUT2D eigenvalue weighted by atomic mass is 10.3. The number of halogens is 1. The molecule has 0 aromatic rings. The van der Waals surface area contributed by atoms with Crippen LogP contribution in [-0.4, -0.2) is 55.6 Å². The summed E-state index contributed by atoms with van der Waals surface area (Å²) in [5.41, 5.74) is 0. The maximum absolute atomic E-state index is 11.4. The zero-order valence-electron chi connectivity index (χ0n) is 10.8. The Morgan fingerprint density at radius 2 is 1.88 bits per heavy atom. The van der Waals surface area contributed by atoms with Gasteiger partial charge in [0.15, 0.2) is 5.78 Å². The standard InChI is InChI=1S/C9H20NO5P.ClH/c1-8(11)9(2)15-16(12,13)14-7-6-10(3,4)5;/h9H,6-7H2,1-5H3;1H. The van der Waals surface area contributed by atoms with Gasteiger partial charge in [-0.2, -0.15) is 0 Å². The van der Waals surface area contributed by atoms with E-state index in [0.29, 0.717) is 11.0 Å². The molecule has 1 N–H and O–H groups in total. The second-order valence-electron chi connectivity index (χ2n) is 4.67. The van der Waals surface area contributed by atoms with Crippen molar-refractivity contribution < 1.29 is 40.2 Å². The van der Waals surface area contributed by atoms with Gasteiger partial charge in [0.25, 0.3) is 0 Å². The second-order valence-corrected chi connectivity index (χ2v) is 6.08. The zero-order chi connectivity index (χ0) is 13.0. The molecule has 0 amide bonds. The number of nitrogens with zero attached hydrogens (tertiary/aromatic N) is 1. The van der Waals surface area contributed by atoms with E-state index < -0.39 is 13.9 Å². The second kappa shape index (κ2) is 7.46. The average Bonchev–Trinajstić information content (AvgIpc) is 1.99. The summed E-state index contributed by atoms with van der Waals surface area (Å²) in [5, 5.41) is 0. The molecule has 6 nitrogen and oxygen atoms in total. The van der Waals surface area contributed by atoms with Crippen molar-refractivity contribution in [3.8, 4) is 0 Å². The number of likely N-dealkylation sites (N-methyl/N-ethyl adjacent to an activating group) is 1. The lowest BCUT2D eigenvalue weighted by Gasteiger charge is -2.24. The van der Waals surface area contributed by atoms with Crippen LogP contribution in [0.3, 0.4) is 0 Å². The van der Waals surface area contributed by atoms with Gasteiger partial charge in [0.1, 0.15) is 19.3 Å². The molecular weight excluding hydrogens is 269 g/mol. The van der Waals surface area contributed by atoms with Crippen LogP contribution in [0.15, 0.2) is 0 Å². The van der Waals surface area contributed by atoms with Gasteiger partial charge in [0.2, 0.25) is 0 Å². The first kappa shape index (κ1) is 19.4. The van der Waals surface area contributed by atoms with Gasteiger partial charge in [-0.1, -0.05) is 0 Å². The van der Waals surface area contributed by atoms with Crippen LogP contribution in [0, 0.1) is 0 Å². The van der Waals surface area contributed by atoms with Crippen molar-refractivity contribution in [1.29, 1.82) is 0 Å². The fourth-order valence-electron chi connectivity index (χ4n) is 0.735. The van der Waals surface area contributed by atoms with E-state index in [9.17, 15) is 14.3 Å². The van der Waals surface area contributed by atoms with Gasteiger partial charge in [-0.05, 0) is 13.8 Å². The number of phosphoric acid groups is 1. The maximum Gasteiger partial charge on any atom is 0.473 e. The van der Waals surface area contributed by atoms with Crippen molar-refractivity contribution in [2.75, 3.05) is 34.3 Å². The van der Waals surface area contributed by atoms with Crippen LogP contribution in [0.5, 0.6) is 0 Å². The molecular formula is C9H21ClNO5P. The summed E-state index contributed by atoms with van der Waals surface area (Å²) in [5.74, 6) is -0.315. The van der Waals surface area contributed by atoms with E-state index in [1.54, 1.807) is 0 Å². The first-order valence-electron chi connectivity index (χ1n) is 5.00. The highest BCUT2D eigenvalue weighted by molar-refractivity contribution is 7.47. The highest BCUT2D eigenvalue weighted by Crippen LogP contribution is 2.44. The summed E-state index contributed by atoms with van der Waals surface area (Å²) in [4.78, 5) is 20.1. The molecule has 2 atom stereocenters. The Morgan fingerprint density at radius 3 is 2.24 bits per heavy atom. The third-order valence-corrected chi connectivity index (χ3v) is 2.97. The van der Waals surface area contributed by atoms with Crippen molar-refractivity contribution in [2.24, 2.45) is 0 Å². The average molecular weight is 290 g/mol. The van der Waals surface area contributed by atoms with Crippen LogP contribution in [-0.2, 0) is 18.4 Å². The molecule has 0 radical (unpaired) electrons. The summed E-state index contributed by atoms with van der Waals surface area (Å²) < 4.78 is 21.4. The molecule has 0 saturated heterocycles. The largest absolute Gasteiger partial charge is 1.00 e. The van der Waals surface area contributed by atoms with Crippen LogP contribution < -0.4 is 12.4 Å². The quantitative estimate of drug-likeness (QED) is 0.426. The first-order chi connectivity index (χ1) is 7.03. The molecule has 0 aliphatic rings. The van der Waals surface area contributed by atoms with E-state index in [1.165, 1.54) is 13.8 Å². The fourth-order valence-corrected chi connectivity index (χ4v) is 1.66. The number of Topliss-reactive ketones (excluding diaryl/α,β-unsaturated/α-hetero) is 1. The van der Waals surface area contributed by atoms with Gasteiger partial charge >= 0.3 is 7.82 Å². The van der Waals surface area contributed by atoms with E-state index in [0.717, 1.165) is 0 Å². The molecule has 0 spiro atoms. The molecule has 0 aliphatic carbocycles. The summed E-state index contributed by atoms with van der Waals surface area (Å²) in [6, 6.07) is 0. The smallest absolute Gasteiger partial charge is 0.473 e. The molecule has 0 bridgehead atoms. The van der Waals surface area contributed by atoms with Gasteiger partial charge in [-0.15, -0.1) is 0 Å². The van der Waals surface area contributed by atoms with Gasteiger partial charge in [-0.3, -0.25) is 13.8 Å². The number of ketones is 1. The number of quaternary nitrogens is 1. The molecule has 0 aromatic heterocycles. The monoisotopic (exact) mass is 289 g/mol. The van der Waals surface area contributed by atoms with Crippen LogP contribution in [0.4, 0.5) is 0 Å². The fraction of sp³-hybridized carbons (Fsp3) is 0.889. The number of rotatable bonds is 7. The number of carbonyl (C=O) groups excluding carboxylic acids is 1. The summed E-state index contributed by atoms with van der Waals surface area (Å²) >= 11 is 0. The predicted octanol–water partition coefficient (Wildman–Crippen LogP) is -2.19. The predicted molar refractivity (Wildman–Crippen MR) is 59.9 cm³/mol. The maximum atomic E-state index is 11.4. The Kier molecular flexibility index (Phi) is 8.50. The minimum atomic E-state index is -4.12. The molecule has 0 heterocycles. The Hall–Kier alpha value is 0.0300. The van der Waals surface area contributed by atoms with Crippen molar-refractivity contribution in [1.82, 2.24) is 0 Å². The highest BCUT2D eigenvalue weighted by atomic mass is 35.5. The molecule has 0 aliphatic heterocycles. The van der Waals surface area contributed by atoms with Crippen molar-refractivity contribution >= 4 is 13.6 Å². The molecule has 0 fully saturated rings. The zero-order valence-corrected chi connectivity index (χ0v) is 12.5. The minimum Gasteiger partial charge on any atom is -1.00 e. The molecule has 2 unspecified atom stereocenters. The van der Waals surface area contributed by atoms with E-state index in [1.807, 2.05) is 21.1 Å². The lowest BCUT2D eigenvalue weighted by Crippen LogP contribution is -3.00. The Morgan fingerprint density at radius 1 is 1.41 bits per heavy atom. The Bertz CT molecular complexity index is 292. The summed E-state index contributed by atoms with van der Waals surface area (Å²) in [6.45, 7) is 3.37. The number of hydrogen-bond donors (Lipinski definition) is 1. The molecule has 0 saturated carbocycles. The van der Waals surface area contributed by atoms with E-state index in [2.05, 4.69) is 4.52 Å². The topological polar surface area (TPSA) is 72.8 Å². The van der Waals surface area contributed by atoms with Crippen LogP contribution in [0.25, 0.3) is 0 Å². The molecule has 0 aromatic carbocycles. The molecule has 17 heavy (non-hydrogen) atoms. The SMILES string of the molecule is CC(=O)C(C)OP(=O)(O)OCC[N+](C)(C)C.[Cl-]. The van der Waals surface area contributed by atoms with Gasteiger partial charge < -0.3 is 21.8 Å². The molecule has 104 valence electrons. The summed E-state index contributed by atoms with van der Waals surface area (Å²) in [7, 11) is 1.69. The number of hydrogen-bond acceptors (Lipinski definition) is 4. The molecule has 8 heteroatoms. The van der Waals surface area contributed by atoms with E-state index in [-0.39, 0.29) is 24.8 Å². The van der Waals surface area contributed by atoms with Crippen molar-refractivity contribution in [3.05, 3.63) is 0 Å². The van der Waals surface area contributed by atoms with Crippen molar-refractivity contribution in [2.45, 2.75) is 20.0 Å². The summed E-state index contributed by atoms with van der Waals surface area (Å²) in [6.07, 6.45) is -0.931. The molecule has 0 rings (SSSR count). The third kappa shape index (κ3) is 10.9. The van der Waals surface area contributed by atoms with Crippen LogP contribution in [0.1, 0.15) is 13.8 Å². The van der Waals surface area contributed by atoms with Gasteiger partial charge in [-0.25, -0.2) is 4.57 Å². The Labute approximate surface area is 109 Å². The third-order valence-electron chi connectivity index (χ3n) is 1.88. The first-order valence-corrected chi connectivity index (χ1v) is 6.50. The van der Waals surface area contributed by atoms with Gasteiger partial charge in [0, 0.05) is 0 Å². The minimum absolute atomic E-state index is 0. The highest BCUT2D eigenvalue weighted by Gasteiger charge is 2.27. The normalized spacial score (nSPS) is 16.8. The van der Waals surface area contributed by atoms with Gasteiger partial charge in [0.05, 0.1) is 21.1 Å². The Balaban J connectivity index is 0. The van der Waals surface area contributed by atoms with E-state index in [4.69, 9.17) is 4.52 Å². The number of phosphoric ester groups is 1. The van der Waals surface area contributed by atoms with Crippen LogP contribution in [0.2, 0.25) is 0 Å². The van der Waals surface area contributed by atoms with Crippen LogP contribution >= 0.6 is 7.82 Å². The number of carbonyl (C=O) groups is 1.